The lowest BCUT2D eigenvalue weighted by Gasteiger charge is -2.22. The van der Waals surface area contributed by atoms with Gasteiger partial charge < -0.3 is 24.1 Å². The number of imide groups is 1. The molecule has 0 saturated carbocycles. The number of nitrogens with one attached hydrogen (secondary N) is 1. The number of anilines is 1. The molecule has 37 heavy (non-hydrogen) atoms. The summed E-state index contributed by atoms with van der Waals surface area (Å²) in [6, 6.07) is 9.97. The fraction of sp³-hybridized carbons (Fsp3) is 0.379. The van der Waals surface area contributed by atoms with Crippen molar-refractivity contribution >= 4 is 28.4 Å². The van der Waals surface area contributed by atoms with Gasteiger partial charge in [0.1, 0.15) is 0 Å². The molecule has 1 atom stereocenters. The van der Waals surface area contributed by atoms with E-state index in [0.717, 1.165) is 46.4 Å². The molecular weight excluding hydrogens is 470 g/mol. The molecule has 2 amide bonds. The Kier molecular flexibility index (Phi) is 6.35. The topological polar surface area (TPSA) is 82.0 Å². The van der Waals surface area contributed by atoms with Crippen molar-refractivity contribution in [3.8, 4) is 17.2 Å². The normalized spacial score (nSPS) is 16.7. The minimum absolute atomic E-state index is 0.207. The van der Waals surface area contributed by atoms with Gasteiger partial charge in [-0.15, -0.1) is 0 Å². The smallest absolute Gasteiger partial charge is 0.259 e. The highest BCUT2D eigenvalue weighted by atomic mass is 16.5. The molecule has 0 unspecified atom stereocenters. The first kappa shape index (κ1) is 24.7. The summed E-state index contributed by atoms with van der Waals surface area (Å²) in [6.45, 7) is 6.92. The van der Waals surface area contributed by atoms with E-state index in [0.29, 0.717) is 28.7 Å². The van der Waals surface area contributed by atoms with Crippen LogP contribution >= 0.6 is 0 Å². The van der Waals surface area contributed by atoms with Crippen molar-refractivity contribution in [1.29, 1.82) is 0 Å². The minimum atomic E-state index is -0.445. The van der Waals surface area contributed by atoms with Crippen LogP contribution in [0.3, 0.4) is 0 Å². The number of aromatic nitrogens is 1. The maximum absolute atomic E-state index is 13.8. The van der Waals surface area contributed by atoms with Crippen molar-refractivity contribution in [3.63, 3.8) is 0 Å². The molecule has 1 N–H and O–H groups in total. The molecule has 0 saturated heterocycles. The second kappa shape index (κ2) is 9.50. The Morgan fingerprint density at radius 3 is 2.41 bits per heavy atom. The molecule has 8 nitrogen and oxygen atoms in total. The van der Waals surface area contributed by atoms with Crippen molar-refractivity contribution in [2.75, 3.05) is 33.2 Å². The van der Waals surface area contributed by atoms with E-state index >= 15 is 0 Å². The van der Waals surface area contributed by atoms with E-state index in [2.05, 4.69) is 36.0 Å². The molecule has 2 aromatic carbocycles. The van der Waals surface area contributed by atoms with Crippen molar-refractivity contribution in [2.24, 2.45) is 5.92 Å². The minimum Gasteiger partial charge on any atom is -0.493 e. The molecule has 1 aromatic heterocycles. The maximum atomic E-state index is 13.8. The van der Waals surface area contributed by atoms with Crippen molar-refractivity contribution in [2.45, 2.75) is 39.7 Å². The summed E-state index contributed by atoms with van der Waals surface area (Å²) in [5.41, 5.74) is 5.15. The summed E-state index contributed by atoms with van der Waals surface area (Å²) in [5, 5.41) is 4.59. The highest BCUT2D eigenvalue weighted by Crippen LogP contribution is 2.49. The fourth-order valence-corrected chi connectivity index (χ4v) is 5.47. The van der Waals surface area contributed by atoms with Gasteiger partial charge in [0.05, 0.1) is 39.0 Å². The lowest BCUT2D eigenvalue weighted by Crippen LogP contribution is -2.33. The van der Waals surface area contributed by atoms with Gasteiger partial charge in [-0.1, -0.05) is 19.9 Å². The standard InChI is InChI=1S/C29H33N3O5/c1-16(2)10-11-31-14-19-25(18-12-23(35-4)28(37-6)24(13-18)36-5)27-21(15-32(17(3)33)29(27)34)30-20-8-7-9-22(31)26(19)20/h7-9,12-14,16,25,30H,10-11,15H2,1-6H3/t25-/m1/s1. The van der Waals surface area contributed by atoms with Crippen LogP contribution < -0.4 is 19.5 Å². The van der Waals surface area contributed by atoms with Crippen LogP contribution in [0.4, 0.5) is 5.69 Å². The van der Waals surface area contributed by atoms with Crippen LogP contribution in [0.5, 0.6) is 17.2 Å². The molecule has 0 fully saturated rings. The summed E-state index contributed by atoms with van der Waals surface area (Å²) in [4.78, 5) is 27.4. The Hall–Kier alpha value is -3.94. The molecule has 0 radical (unpaired) electrons. The second-order valence-electron chi connectivity index (χ2n) is 9.98. The number of hydrogen-bond acceptors (Lipinski definition) is 6. The number of rotatable bonds is 7. The molecule has 5 rings (SSSR count). The SMILES string of the molecule is COc1cc([C@H]2C3=C(CN(C(C)=O)C3=O)Nc3cccc4c3c2cn4CCC(C)C)cc(OC)c1OC. The molecule has 3 aromatic rings. The lowest BCUT2D eigenvalue weighted by molar-refractivity contribution is -0.139. The largest absolute Gasteiger partial charge is 0.493 e. The van der Waals surface area contributed by atoms with Crippen LogP contribution in [-0.4, -0.2) is 49.2 Å². The summed E-state index contributed by atoms with van der Waals surface area (Å²) in [5.74, 6) is 1.04. The Morgan fingerprint density at radius 2 is 1.81 bits per heavy atom. The van der Waals surface area contributed by atoms with Crippen molar-refractivity contribution in [3.05, 3.63) is 58.9 Å². The van der Waals surface area contributed by atoms with Gasteiger partial charge in [-0.05, 0) is 47.7 Å². The third kappa shape index (κ3) is 4.00. The number of methoxy groups -OCH3 is 3. The zero-order valence-electron chi connectivity index (χ0n) is 22.2. The number of carbonyl (C=O) groups is 2. The van der Waals surface area contributed by atoms with Crippen LogP contribution in [-0.2, 0) is 16.1 Å². The van der Waals surface area contributed by atoms with E-state index < -0.39 is 5.92 Å². The first-order chi connectivity index (χ1) is 17.8. The van der Waals surface area contributed by atoms with Gasteiger partial charge in [-0.3, -0.25) is 14.5 Å². The van der Waals surface area contributed by atoms with Crippen LogP contribution in [0.2, 0.25) is 0 Å². The molecule has 0 spiro atoms. The molecule has 3 heterocycles. The van der Waals surface area contributed by atoms with Crippen molar-refractivity contribution < 1.29 is 23.8 Å². The monoisotopic (exact) mass is 503 g/mol. The van der Waals surface area contributed by atoms with Gasteiger partial charge in [-0.2, -0.15) is 0 Å². The van der Waals surface area contributed by atoms with E-state index in [9.17, 15) is 9.59 Å². The fourth-order valence-electron chi connectivity index (χ4n) is 5.47. The third-order valence-electron chi connectivity index (χ3n) is 7.29. The Labute approximate surface area is 216 Å². The van der Waals surface area contributed by atoms with Gasteiger partial charge in [0.25, 0.3) is 5.91 Å². The van der Waals surface area contributed by atoms with E-state index in [-0.39, 0.29) is 18.4 Å². The average Bonchev–Trinajstić information content (AvgIpc) is 3.36. The van der Waals surface area contributed by atoms with E-state index in [4.69, 9.17) is 14.2 Å². The van der Waals surface area contributed by atoms with Crippen LogP contribution in [0.25, 0.3) is 10.9 Å². The van der Waals surface area contributed by atoms with Crippen LogP contribution in [0.1, 0.15) is 44.2 Å². The first-order valence-electron chi connectivity index (χ1n) is 12.5. The number of benzene rings is 2. The molecule has 2 aliphatic rings. The average molecular weight is 504 g/mol. The molecular formula is C29H33N3O5. The van der Waals surface area contributed by atoms with Crippen molar-refractivity contribution in [1.82, 2.24) is 9.47 Å². The highest BCUT2D eigenvalue weighted by Gasteiger charge is 2.42. The van der Waals surface area contributed by atoms with Crippen LogP contribution in [0.15, 0.2) is 47.8 Å². The number of carbonyl (C=O) groups excluding carboxylic acids is 2. The Morgan fingerprint density at radius 1 is 1.11 bits per heavy atom. The van der Waals surface area contributed by atoms with Gasteiger partial charge in [0.15, 0.2) is 11.5 Å². The third-order valence-corrected chi connectivity index (χ3v) is 7.29. The number of nitrogens with zero attached hydrogens (tertiary/aromatic N) is 2. The summed E-state index contributed by atoms with van der Waals surface area (Å²) < 4.78 is 19.1. The second-order valence-corrected chi connectivity index (χ2v) is 9.98. The van der Waals surface area contributed by atoms with Crippen LogP contribution in [0, 0.1) is 5.92 Å². The summed E-state index contributed by atoms with van der Waals surface area (Å²) in [6.07, 6.45) is 3.19. The number of aryl methyl sites for hydroxylation is 1. The van der Waals surface area contributed by atoms with E-state index in [1.165, 1.54) is 11.8 Å². The van der Waals surface area contributed by atoms with Gasteiger partial charge in [-0.25, -0.2) is 0 Å². The maximum Gasteiger partial charge on any atom is 0.259 e. The van der Waals surface area contributed by atoms with E-state index in [1.54, 1.807) is 21.3 Å². The Bertz CT molecular complexity index is 1410. The highest BCUT2D eigenvalue weighted by molar-refractivity contribution is 6.11. The zero-order chi connectivity index (χ0) is 26.4. The number of amides is 2. The molecule has 8 heteroatoms. The number of ether oxygens (including phenoxy) is 3. The quantitative estimate of drug-likeness (QED) is 0.493. The zero-order valence-corrected chi connectivity index (χ0v) is 22.2. The number of hydrogen-bond donors (Lipinski definition) is 1. The lowest BCUT2D eigenvalue weighted by atomic mass is 9.84. The summed E-state index contributed by atoms with van der Waals surface area (Å²) >= 11 is 0. The summed E-state index contributed by atoms with van der Waals surface area (Å²) in [7, 11) is 4.72. The molecule has 194 valence electrons. The van der Waals surface area contributed by atoms with Gasteiger partial charge in [0.2, 0.25) is 11.7 Å². The predicted octanol–water partition coefficient (Wildman–Crippen LogP) is 4.91. The molecule has 2 aliphatic heterocycles. The molecule has 0 bridgehead atoms. The first-order valence-corrected chi connectivity index (χ1v) is 12.5. The van der Waals surface area contributed by atoms with Gasteiger partial charge in [0, 0.05) is 42.4 Å². The van der Waals surface area contributed by atoms with Gasteiger partial charge >= 0.3 is 0 Å². The van der Waals surface area contributed by atoms with E-state index in [1.807, 2.05) is 24.3 Å². The molecule has 0 aliphatic carbocycles. The Balaban J connectivity index is 1.80. The predicted molar refractivity (Wildman–Crippen MR) is 142 cm³/mol.